The summed E-state index contributed by atoms with van der Waals surface area (Å²) in [5, 5.41) is 14.9. The fourth-order valence-electron chi connectivity index (χ4n) is 2.50. The van der Waals surface area contributed by atoms with E-state index < -0.39 is 5.97 Å². The van der Waals surface area contributed by atoms with Crippen LogP contribution in [0.1, 0.15) is 18.4 Å². The highest BCUT2D eigenvalue weighted by Gasteiger charge is 2.26. The number of likely N-dealkylation sites (tertiary alicyclic amines) is 1. The van der Waals surface area contributed by atoms with Crippen molar-refractivity contribution in [1.82, 2.24) is 10.2 Å². The van der Waals surface area contributed by atoms with Crippen molar-refractivity contribution in [3.8, 4) is 0 Å². The third kappa shape index (κ3) is 4.19. The largest absolute Gasteiger partial charge is 0.481 e. The third-order valence-electron chi connectivity index (χ3n) is 3.69. The van der Waals surface area contributed by atoms with Crippen molar-refractivity contribution in [1.29, 1.82) is 0 Å². The van der Waals surface area contributed by atoms with Crippen molar-refractivity contribution in [2.75, 3.05) is 25.5 Å². The zero-order valence-electron chi connectivity index (χ0n) is 12.1. The van der Waals surface area contributed by atoms with Crippen LogP contribution in [0.2, 0.25) is 0 Å². The Morgan fingerprint density at radius 3 is 2.67 bits per heavy atom. The molecule has 2 rings (SSSR count). The lowest BCUT2D eigenvalue weighted by Gasteiger charge is -2.30. The highest BCUT2D eigenvalue weighted by molar-refractivity contribution is 5.89. The lowest BCUT2D eigenvalue weighted by Crippen LogP contribution is -2.42. The van der Waals surface area contributed by atoms with Gasteiger partial charge in [0.15, 0.2) is 0 Å². The summed E-state index contributed by atoms with van der Waals surface area (Å²) >= 11 is 0. The summed E-state index contributed by atoms with van der Waals surface area (Å²) in [5.41, 5.74) is 1.85. The molecule has 1 aliphatic rings. The lowest BCUT2D eigenvalue weighted by atomic mass is 9.97. The van der Waals surface area contributed by atoms with Gasteiger partial charge < -0.3 is 20.6 Å². The predicted molar refractivity (Wildman–Crippen MR) is 80.2 cm³/mol. The monoisotopic (exact) mass is 291 g/mol. The van der Waals surface area contributed by atoms with E-state index in [2.05, 4.69) is 10.6 Å². The molecule has 1 aromatic carbocycles. The summed E-state index contributed by atoms with van der Waals surface area (Å²) in [7, 11) is 1.87. The molecule has 1 heterocycles. The highest BCUT2D eigenvalue weighted by atomic mass is 16.4. The number of anilines is 1. The van der Waals surface area contributed by atoms with E-state index in [0.717, 1.165) is 17.8 Å². The molecule has 0 atom stereocenters. The van der Waals surface area contributed by atoms with Gasteiger partial charge in [-0.1, -0.05) is 12.1 Å². The summed E-state index contributed by atoms with van der Waals surface area (Å²) in [4.78, 5) is 24.7. The standard InChI is InChI=1S/C15H21N3O3/c1-16-10-11-3-2-4-13(9-11)17-15(21)18-7-5-12(6-8-18)14(19)20/h2-4,9,12,16H,5-8,10H2,1H3,(H,17,21)(H,19,20). The zero-order valence-corrected chi connectivity index (χ0v) is 12.1. The second kappa shape index (κ2) is 7.08. The number of carbonyl (C=O) groups is 2. The number of carboxylic acid groups (broad SMARTS) is 1. The number of nitrogens with one attached hydrogen (secondary N) is 2. The van der Waals surface area contributed by atoms with Crippen LogP contribution in [0, 0.1) is 5.92 Å². The van der Waals surface area contributed by atoms with Gasteiger partial charge in [0.25, 0.3) is 0 Å². The Kier molecular flexibility index (Phi) is 5.16. The first kappa shape index (κ1) is 15.3. The molecule has 2 amide bonds. The predicted octanol–water partition coefficient (Wildman–Crippen LogP) is 1.73. The van der Waals surface area contributed by atoms with Crippen molar-refractivity contribution < 1.29 is 14.7 Å². The lowest BCUT2D eigenvalue weighted by molar-refractivity contribution is -0.143. The van der Waals surface area contributed by atoms with Crippen molar-refractivity contribution in [2.45, 2.75) is 19.4 Å². The van der Waals surface area contributed by atoms with Crippen LogP contribution in [-0.2, 0) is 11.3 Å². The van der Waals surface area contributed by atoms with Gasteiger partial charge in [-0.25, -0.2) is 4.79 Å². The van der Waals surface area contributed by atoms with Crippen LogP contribution < -0.4 is 10.6 Å². The Balaban J connectivity index is 1.90. The number of benzene rings is 1. The number of carboxylic acids is 1. The van der Waals surface area contributed by atoms with E-state index in [9.17, 15) is 9.59 Å². The fourth-order valence-corrected chi connectivity index (χ4v) is 2.50. The molecule has 21 heavy (non-hydrogen) atoms. The normalized spacial score (nSPS) is 15.8. The molecule has 0 saturated carbocycles. The van der Waals surface area contributed by atoms with Gasteiger partial charge in [-0.15, -0.1) is 0 Å². The molecule has 0 radical (unpaired) electrons. The van der Waals surface area contributed by atoms with Crippen LogP contribution in [0.25, 0.3) is 0 Å². The van der Waals surface area contributed by atoms with Crippen LogP contribution in [0.3, 0.4) is 0 Å². The van der Waals surface area contributed by atoms with Gasteiger partial charge >= 0.3 is 12.0 Å². The fraction of sp³-hybridized carbons (Fsp3) is 0.467. The van der Waals surface area contributed by atoms with Crippen molar-refractivity contribution in [2.24, 2.45) is 5.92 Å². The first-order valence-corrected chi connectivity index (χ1v) is 7.12. The van der Waals surface area contributed by atoms with Gasteiger partial charge in [0.1, 0.15) is 0 Å². The summed E-state index contributed by atoms with van der Waals surface area (Å²) in [5.74, 6) is -1.09. The molecular formula is C15H21N3O3. The van der Waals surface area contributed by atoms with E-state index in [1.165, 1.54) is 0 Å². The van der Waals surface area contributed by atoms with Gasteiger partial charge in [-0.05, 0) is 37.6 Å². The van der Waals surface area contributed by atoms with Crippen molar-refractivity contribution in [3.63, 3.8) is 0 Å². The average molecular weight is 291 g/mol. The number of aliphatic carboxylic acids is 1. The summed E-state index contributed by atoms with van der Waals surface area (Å²) < 4.78 is 0. The van der Waals surface area contributed by atoms with E-state index in [1.54, 1.807) is 4.90 Å². The number of hydrogen-bond acceptors (Lipinski definition) is 3. The summed E-state index contributed by atoms with van der Waals surface area (Å²) in [6, 6.07) is 7.50. The first-order chi connectivity index (χ1) is 10.1. The van der Waals surface area contributed by atoms with Gasteiger partial charge in [0, 0.05) is 25.3 Å². The third-order valence-corrected chi connectivity index (χ3v) is 3.69. The number of rotatable bonds is 4. The van der Waals surface area contributed by atoms with E-state index in [-0.39, 0.29) is 11.9 Å². The Labute approximate surface area is 124 Å². The molecule has 1 saturated heterocycles. The zero-order chi connectivity index (χ0) is 15.2. The van der Waals surface area contributed by atoms with Crippen LogP contribution in [-0.4, -0.2) is 42.1 Å². The number of nitrogens with zero attached hydrogens (tertiary/aromatic N) is 1. The SMILES string of the molecule is CNCc1cccc(NC(=O)N2CCC(C(=O)O)CC2)c1. The Hall–Kier alpha value is -2.08. The smallest absolute Gasteiger partial charge is 0.321 e. The van der Waals surface area contributed by atoms with Crippen LogP contribution >= 0.6 is 0 Å². The first-order valence-electron chi connectivity index (χ1n) is 7.12. The molecule has 0 unspecified atom stereocenters. The van der Waals surface area contributed by atoms with E-state index in [0.29, 0.717) is 25.9 Å². The number of piperidine rings is 1. The van der Waals surface area contributed by atoms with E-state index in [1.807, 2.05) is 31.3 Å². The topological polar surface area (TPSA) is 81.7 Å². The number of hydrogen-bond donors (Lipinski definition) is 3. The molecule has 1 aliphatic heterocycles. The minimum absolute atomic E-state index is 0.166. The Bertz CT molecular complexity index is 511. The van der Waals surface area contributed by atoms with Gasteiger partial charge in [-0.3, -0.25) is 4.79 Å². The molecule has 6 nitrogen and oxygen atoms in total. The van der Waals surface area contributed by atoms with Gasteiger partial charge in [0.2, 0.25) is 0 Å². The second-order valence-electron chi connectivity index (χ2n) is 5.26. The van der Waals surface area contributed by atoms with Crippen LogP contribution in [0.4, 0.5) is 10.5 Å². The van der Waals surface area contributed by atoms with Crippen LogP contribution in [0.15, 0.2) is 24.3 Å². The second-order valence-corrected chi connectivity index (χ2v) is 5.26. The molecule has 1 fully saturated rings. The van der Waals surface area contributed by atoms with Crippen LogP contribution in [0.5, 0.6) is 0 Å². The number of amides is 2. The maximum atomic E-state index is 12.2. The minimum Gasteiger partial charge on any atom is -0.481 e. The van der Waals surface area contributed by atoms with Crippen molar-refractivity contribution >= 4 is 17.7 Å². The summed E-state index contributed by atoms with van der Waals surface area (Å²) in [6.45, 7) is 1.71. The molecule has 3 N–H and O–H groups in total. The summed E-state index contributed by atoms with van der Waals surface area (Å²) in [6.07, 6.45) is 1.03. The molecule has 0 spiro atoms. The molecular weight excluding hydrogens is 270 g/mol. The van der Waals surface area contributed by atoms with Gasteiger partial charge in [-0.2, -0.15) is 0 Å². The Morgan fingerprint density at radius 1 is 1.33 bits per heavy atom. The Morgan fingerprint density at radius 2 is 2.05 bits per heavy atom. The molecule has 0 bridgehead atoms. The average Bonchev–Trinajstić information content (AvgIpc) is 2.48. The number of carbonyl (C=O) groups excluding carboxylic acids is 1. The highest BCUT2D eigenvalue weighted by Crippen LogP contribution is 2.18. The van der Waals surface area contributed by atoms with Gasteiger partial charge in [0.05, 0.1) is 5.92 Å². The molecule has 6 heteroatoms. The molecule has 0 aliphatic carbocycles. The number of urea groups is 1. The molecule has 0 aromatic heterocycles. The van der Waals surface area contributed by atoms with E-state index >= 15 is 0 Å². The molecule has 114 valence electrons. The maximum absolute atomic E-state index is 12.2. The van der Waals surface area contributed by atoms with E-state index in [4.69, 9.17) is 5.11 Å². The quantitative estimate of drug-likeness (QED) is 0.789. The van der Waals surface area contributed by atoms with Crippen molar-refractivity contribution in [3.05, 3.63) is 29.8 Å². The molecule has 1 aromatic rings. The maximum Gasteiger partial charge on any atom is 0.321 e. The minimum atomic E-state index is -0.769.